The number of nitrogens with one attached hydrogen (secondary N) is 2. The van der Waals surface area contributed by atoms with E-state index >= 15 is 0 Å². The molecule has 3 amide bonds. The number of carbonyl (C=O) groups excluding carboxylic acids is 2. The van der Waals surface area contributed by atoms with Gasteiger partial charge in [-0.15, -0.1) is 5.10 Å². The third kappa shape index (κ3) is 3.11. The highest BCUT2D eigenvalue weighted by Gasteiger charge is 2.33. The fourth-order valence-electron chi connectivity index (χ4n) is 1.86. The van der Waals surface area contributed by atoms with Crippen LogP contribution in [-0.4, -0.2) is 45.1 Å². The number of nitrogens with zero attached hydrogens (tertiary/aromatic N) is 3. The van der Waals surface area contributed by atoms with Crippen LogP contribution in [0.15, 0.2) is 0 Å². The number of urea groups is 1. The normalized spacial score (nSPS) is 13.8. The van der Waals surface area contributed by atoms with Crippen molar-refractivity contribution in [3.63, 3.8) is 0 Å². The molecule has 3 N–H and O–H groups in total. The van der Waals surface area contributed by atoms with Crippen molar-refractivity contribution in [3.05, 3.63) is 11.4 Å². The lowest BCUT2D eigenvalue weighted by atomic mass is 10.2. The minimum atomic E-state index is -1.12. The first-order valence-electron chi connectivity index (χ1n) is 6.21. The number of hydrogen-bond acceptors (Lipinski definition) is 5. The molecule has 0 spiro atoms. The monoisotopic (exact) mass is 281 g/mol. The van der Waals surface area contributed by atoms with Crippen molar-refractivity contribution in [1.29, 1.82) is 0 Å². The fourth-order valence-corrected chi connectivity index (χ4v) is 1.86. The molecular formula is C11H15N5O4. The second-order valence-corrected chi connectivity index (χ2v) is 4.50. The van der Waals surface area contributed by atoms with Crippen LogP contribution in [0.1, 0.15) is 41.4 Å². The van der Waals surface area contributed by atoms with Gasteiger partial charge in [-0.05, 0) is 12.8 Å². The molecule has 1 aliphatic carbocycles. The van der Waals surface area contributed by atoms with Gasteiger partial charge in [0.15, 0.2) is 5.69 Å². The van der Waals surface area contributed by atoms with Crippen molar-refractivity contribution in [2.24, 2.45) is 0 Å². The zero-order valence-corrected chi connectivity index (χ0v) is 10.9. The first-order valence-corrected chi connectivity index (χ1v) is 6.21. The summed E-state index contributed by atoms with van der Waals surface area (Å²) in [6.07, 6.45) is 1.83. The Morgan fingerprint density at radius 1 is 1.40 bits per heavy atom. The average Bonchev–Trinajstić information content (AvgIpc) is 3.15. The Morgan fingerprint density at radius 3 is 2.65 bits per heavy atom. The van der Waals surface area contributed by atoms with Crippen LogP contribution >= 0.6 is 0 Å². The van der Waals surface area contributed by atoms with Crippen LogP contribution in [0.3, 0.4) is 0 Å². The largest absolute Gasteiger partial charge is 0.476 e. The molecule has 1 fully saturated rings. The van der Waals surface area contributed by atoms with Crippen LogP contribution in [0.4, 0.5) is 4.79 Å². The molecule has 0 unspecified atom stereocenters. The summed E-state index contributed by atoms with van der Waals surface area (Å²) in [5.74, 6) is -1.43. The number of imide groups is 1. The Morgan fingerprint density at radius 2 is 2.10 bits per heavy atom. The van der Waals surface area contributed by atoms with E-state index in [1.807, 2.05) is 0 Å². The lowest BCUT2D eigenvalue weighted by molar-refractivity contribution is -0.120. The lowest BCUT2D eigenvalue weighted by Gasteiger charge is -2.06. The van der Waals surface area contributed by atoms with Crippen LogP contribution in [0.2, 0.25) is 0 Å². The Balaban J connectivity index is 2.01. The maximum atomic E-state index is 11.5. The molecular weight excluding hydrogens is 266 g/mol. The van der Waals surface area contributed by atoms with E-state index in [0.29, 0.717) is 5.69 Å². The molecule has 1 saturated carbocycles. The van der Waals surface area contributed by atoms with Crippen LogP contribution in [0, 0.1) is 0 Å². The van der Waals surface area contributed by atoms with Crippen molar-refractivity contribution in [2.75, 3.05) is 7.05 Å². The molecule has 0 saturated heterocycles. The third-order valence-corrected chi connectivity index (χ3v) is 2.97. The van der Waals surface area contributed by atoms with Gasteiger partial charge in [-0.25, -0.2) is 14.3 Å². The number of hydrogen-bond donors (Lipinski definition) is 3. The van der Waals surface area contributed by atoms with Crippen LogP contribution in [-0.2, 0) is 11.3 Å². The van der Waals surface area contributed by atoms with Gasteiger partial charge in [0.05, 0.1) is 12.2 Å². The predicted octanol–water partition coefficient (Wildman–Crippen LogP) is -0.301. The van der Waals surface area contributed by atoms with E-state index in [4.69, 9.17) is 5.11 Å². The van der Waals surface area contributed by atoms with Crippen LogP contribution in [0.25, 0.3) is 0 Å². The van der Waals surface area contributed by atoms with Crippen molar-refractivity contribution < 1.29 is 19.5 Å². The summed E-state index contributed by atoms with van der Waals surface area (Å²) >= 11 is 0. The number of carbonyl (C=O) groups is 3. The van der Waals surface area contributed by atoms with Crippen molar-refractivity contribution >= 4 is 17.9 Å². The Bertz CT molecular complexity index is 549. The molecule has 1 aromatic heterocycles. The first kappa shape index (κ1) is 14.0. The average molecular weight is 281 g/mol. The summed E-state index contributed by atoms with van der Waals surface area (Å²) in [7, 11) is 1.41. The van der Waals surface area contributed by atoms with E-state index in [-0.39, 0.29) is 24.6 Å². The molecule has 0 aromatic carbocycles. The van der Waals surface area contributed by atoms with Gasteiger partial charge in [-0.2, -0.15) is 0 Å². The van der Waals surface area contributed by atoms with Crippen molar-refractivity contribution in [1.82, 2.24) is 25.6 Å². The van der Waals surface area contributed by atoms with E-state index in [2.05, 4.69) is 20.9 Å². The molecule has 0 bridgehead atoms. The van der Waals surface area contributed by atoms with Gasteiger partial charge >= 0.3 is 12.0 Å². The predicted molar refractivity (Wildman–Crippen MR) is 66.2 cm³/mol. The summed E-state index contributed by atoms with van der Waals surface area (Å²) in [5, 5.41) is 20.8. The summed E-state index contributed by atoms with van der Waals surface area (Å²) in [5.41, 5.74) is 0.504. The van der Waals surface area contributed by atoms with Crippen LogP contribution in [0.5, 0.6) is 0 Å². The SMILES string of the molecule is CNC(=O)NC(=O)CCn1nnc(C(=O)O)c1C1CC1. The summed E-state index contributed by atoms with van der Waals surface area (Å²) in [4.78, 5) is 33.5. The van der Waals surface area contributed by atoms with Gasteiger partial charge in [0, 0.05) is 19.4 Å². The van der Waals surface area contributed by atoms with E-state index < -0.39 is 17.9 Å². The molecule has 9 nitrogen and oxygen atoms in total. The van der Waals surface area contributed by atoms with E-state index in [1.165, 1.54) is 11.7 Å². The van der Waals surface area contributed by atoms with Crippen LogP contribution < -0.4 is 10.6 Å². The molecule has 2 rings (SSSR count). The standard InChI is InChI=1S/C11H15N5O4/c1-12-11(20)13-7(17)4-5-16-9(6-2-3-6)8(10(18)19)14-15-16/h6H,2-5H2,1H3,(H,18,19)(H2,12,13,17,20). The zero-order valence-electron chi connectivity index (χ0n) is 10.9. The number of amides is 3. The summed E-state index contributed by atoms with van der Waals surface area (Å²) in [6, 6.07) is -0.581. The topological polar surface area (TPSA) is 126 Å². The van der Waals surface area contributed by atoms with E-state index in [9.17, 15) is 14.4 Å². The molecule has 0 radical (unpaired) electrons. The summed E-state index contributed by atoms with van der Waals surface area (Å²) < 4.78 is 1.44. The molecule has 20 heavy (non-hydrogen) atoms. The second-order valence-electron chi connectivity index (χ2n) is 4.50. The maximum Gasteiger partial charge on any atom is 0.358 e. The third-order valence-electron chi connectivity index (χ3n) is 2.97. The van der Waals surface area contributed by atoms with Crippen molar-refractivity contribution in [3.8, 4) is 0 Å². The van der Waals surface area contributed by atoms with Gasteiger partial charge in [-0.1, -0.05) is 5.21 Å². The molecule has 1 heterocycles. The highest BCUT2D eigenvalue weighted by molar-refractivity contribution is 5.94. The number of carboxylic acids is 1. The minimum absolute atomic E-state index is 0.0234. The van der Waals surface area contributed by atoms with Crippen molar-refractivity contribution in [2.45, 2.75) is 31.7 Å². The lowest BCUT2D eigenvalue weighted by Crippen LogP contribution is -2.37. The zero-order chi connectivity index (χ0) is 14.7. The van der Waals surface area contributed by atoms with Gasteiger partial charge < -0.3 is 10.4 Å². The van der Waals surface area contributed by atoms with Gasteiger partial charge in [0.25, 0.3) is 0 Å². The molecule has 108 valence electrons. The van der Waals surface area contributed by atoms with Gasteiger partial charge in [0.1, 0.15) is 0 Å². The number of carboxylic acid groups (broad SMARTS) is 1. The molecule has 0 aliphatic heterocycles. The molecule has 1 aromatic rings. The Labute approximate surface area is 114 Å². The molecule has 9 heteroatoms. The first-order chi connectivity index (χ1) is 9.52. The smallest absolute Gasteiger partial charge is 0.358 e. The van der Waals surface area contributed by atoms with E-state index in [0.717, 1.165) is 12.8 Å². The minimum Gasteiger partial charge on any atom is -0.476 e. The Hall–Kier alpha value is -2.45. The van der Waals surface area contributed by atoms with Gasteiger partial charge in [-0.3, -0.25) is 10.1 Å². The van der Waals surface area contributed by atoms with E-state index in [1.54, 1.807) is 0 Å². The summed E-state index contributed by atoms with van der Waals surface area (Å²) in [6.45, 7) is 0.189. The molecule has 0 atom stereocenters. The highest BCUT2D eigenvalue weighted by Crippen LogP contribution is 2.41. The number of aromatic carboxylic acids is 1. The number of aryl methyl sites for hydroxylation is 1. The number of rotatable bonds is 5. The fraction of sp³-hybridized carbons (Fsp3) is 0.545. The van der Waals surface area contributed by atoms with Gasteiger partial charge in [0.2, 0.25) is 5.91 Å². The maximum absolute atomic E-state index is 11.5. The second kappa shape index (κ2) is 5.68. The molecule has 1 aliphatic rings. The Kier molecular flexibility index (Phi) is 3.97. The quantitative estimate of drug-likeness (QED) is 0.680. The highest BCUT2D eigenvalue weighted by atomic mass is 16.4. The number of aromatic nitrogens is 3.